The number of amides is 1. The summed E-state index contributed by atoms with van der Waals surface area (Å²) in [6.07, 6.45) is -2.65. The Balaban J connectivity index is 3.01. The van der Waals surface area contributed by atoms with Crippen LogP contribution in [-0.4, -0.2) is 42.0 Å². The van der Waals surface area contributed by atoms with E-state index in [2.05, 4.69) is 0 Å². The monoisotopic (exact) mass is 258 g/mol. The molecule has 4 nitrogen and oxygen atoms in total. The molecule has 0 aliphatic rings. The molecule has 0 saturated carbocycles. The number of nitrogen functional groups attached to an aromatic ring is 1. The summed E-state index contributed by atoms with van der Waals surface area (Å²) in [5.74, 6) is -0.583. The number of hydrogen-bond donors (Lipinski definition) is 2. The Kier molecular flexibility index (Phi) is 5.03. The lowest BCUT2D eigenvalue weighted by Gasteiger charge is -2.23. The lowest BCUT2D eigenvalue weighted by Crippen LogP contribution is -2.38. The average Bonchev–Trinajstić information content (AvgIpc) is 2.27. The van der Waals surface area contributed by atoms with Gasteiger partial charge in [-0.15, -0.1) is 0 Å². The van der Waals surface area contributed by atoms with Gasteiger partial charge in [0.05, 0.1) is 18.7 Å². The van der Waals surface area contributed by atoms with Gasteiger partial charge in [-0.05, 0) is 18.6 Å². The summed E-state index contributed by atoms with van der Waals surface area (Å²) in [7, 11) is 0. The van der Waals surface area contributed by atoms with Crippen molar-refractivity contribution in [2.24, 2.45) is 0 Å². The molecule has 0 aromatic heterocycles. The Morgan fingerprint density at radius 2 is 2.17 bits per heavy atom. The second-order valence-electron chi connectivity index (χ2n) is 3.90. The van der Waals surface area contributed by atoms with E-state index in [4.69, 9.17) is 10.8 Å². The number of halogens is 2. The fourth-order valence-electron chi connectivity index (χ4n) is 1.70. The number of nitrogens with two attached hydrogens (primary N) is 1. The van der Waals surface area contributed by atoms with Crippen LogP contribution in [0.25, 0.3) is 0 Å². The summed E-state index contributed by atoms with van der Waals surface area (Å²) in [4.78, 5) is 13.0. The highest BCUT2D eigenvalue weighted by Gasteiger charge is 2.22. The number of aliphatic hydroxyl groups excluding tert-OH is 1. The Hall–Kier alpha value is -1.69. The second-order valence-corrected chi connectivity index (χ2v) is 3.90. The molecule has 0 fully saturated rings. The van der Waals surface area contributed by atoms with E-state index in [1.807, 2.05) is 0 Å². The van der Waals surface area contributed by atoms with Crippen LogP contribution < -0.4 is 5.73 Å². The van der Waals surface area contributed by atoms with Gasteiger partial charge < -0.3 is 15.7 Å². The lowest BCUT2D eigenvalue weighted by atomic mass is 10.1. The van der Waals surface area contributed by atoms with E-state index in [1.54, 1.807) is 25.1 Å². The number of anilines is 1. The minimum atomic E-state index is -2.65. The quantitative estimate of drug-likeness (QED) is 0.782. The minimum Gasteiger partial charge on any atom is -0.398 e. The molecule has 0 radical (unpaired) electrons. The van der Waals surface area contributed by atoms with E-state index in [0.717, 1.165) is 4.90 Å². The van der Waals surface area contributed by atoms with E-state index < -0.39 is 18.9 Å². The molecule has 0 heterocycles. The maximum absolute atomic E-state index is 12.4. The highest BCUT2D eigenvalue weighted by atomic mass is 19.3. The van der Waals surface area contributed by atoms with Crippen LogP contribution in [0.3, 0.4) is 0 Å². The number of carbonyl (C=O) groups excluding carboxylic acids is 1. The third kappa shape index (κ3) is 3.40. The first-order valence-electron chi connectivity index (χ1n) is 5.50. The molecule has 18 heavy (non-hydrogen) atoms. The summed E-state index contributed by atoms with van der Waals surface area (Å²) in [6.45, 7) is 0.456. The van der Waals surface area contributed by atoms with E-state index in [1.165, 1.54) is 0 Å². The molecule has 0 aliphatic carbocycles. The third-order valence-corrected chi connectivity index (χ3v) is 2.53. The predicted octanol–water partition coefficient (Wildman–Crippen LogP) is 1.28. The summed E-state index contributed by atoms with van der Waals surface area (Å²) in [5.41, 5.74) is 6.77. The number of aryl methyl sites for hydroxylation is 1. The van der Waals surface area contributed by atoms with Crippen molar-refractivity contribution >= 4 is 11.6 Å². The standard InChI is InChI=1S/C12H16F2N2O2/c1-8-3-2-4-9(15)11(8)12(18)16(5-6-17)7-10(13)14/h2-4,10,17H,5-7,15H2,1H3. The van der Waals surface area contributed by atoms with Crippen LogP contribution in [0.5, 0.6) is 0 Å². The first kappa shape index (κ1) is 14.4. The number of rotatable bonds is 5. The number of hydrogen-bond acceptors (Lipinski definition) is 3. The van der Waals surface area contributed by atoms with Crippen LogP contribution in [0.1, 0.15) is 15.9 Å². The zero-order valence-electron chi connectivity index (χ0n) is 10.1. The Labute approximate surface area is 104 Å². The summed E-state index contributed by atoms with van der Waals surface area (Å²) < 4.78 is 24.8. The molecule has 100 valence electrons. The zero-order chi connectivity index (χ0) is 13.7. The number of alkyl halides is 2. The van der Waals surface area contributed by atoms with E-state index in [0.29, 0.717) is 5.56 Å². The van der Waals surface area contributed by atoms with Gasteiger partial charge in [0, 0.05) is 12.2 Å². The molecule has 1 aromatic rings. The second kappa shape index (κ2) is 6.30. The SMILES string of the molecule is Cc1cccc(N)c1C(=O)N(CCO)CC(F)F. The predicted molar refractivity (Wildman–Crippen MR) is 64.6 cm³/mol. The van der Waals surface area contributed by atoms with Crippen molar-refractivity contribution < 1.29 is 18.7 Å². The highest BCUT2D eigenvalue weighted by Crippen LogP contribution is 2.19. The molecular weight excluding hydrogens is 242 g/mol. The molecule has 0 aliphatic heterocycles. The van der Waals surface area contributed by atoms with Crippen molar-refractivity contribution in [2.75, 3.05) is 25.4 Å². The molecule has 1 rings (SSSR count). The largest absolute Gasteiger partial charge is 0.398 e. The number of carbonyl (C=O) groups is 1. The Morgan fingerprint density at radius 3 is 2.67 bits per heavy atom. The van der Waals surface area contributed by atoms with Crippen molar-refractivity contribution in [3.63, 3.8) is 0 Å². The molecular formula is C12H16F2N2O2. The maximum atomic E-state index is 12.4. The number of benzene rings is 1. The molecule has 0 atom stereocenters. The van der Waals surface area contributed by atoms with Gasteiger partial charge in [-0.1, -0.05) is 12.1 Å². The first-order chi connectivity index (χ1) is 8.47. The minimum absolute atomic E-state index is 0.142. The Bertz CT molecular complexity index is 404. The van der Waals surface area contributed by atoms with E-state index in [-0.39, 0.29) is 24.4 Å². The van der Waals surface area contributed by atoms with Crippen LogP contribution in [-0.2, 0) is 0 Å². The average molecular weight is 258 g/mol. The summed E-state index contributed by atoms with van der Waals surface area (Å²) in [6, 6.07) is 4.91. The van der Waals surface area contributed by atoms with E-state index in [9.17, 15) is 13.6 Å². The van der Waals surface area contributed by atoms with Crippen LogP contribution in [0.15, 0.2) is 18.2 Å². The highest BCUT2D eigenvalue weighted by molar-refractivity contribution is 6.00. The van der Waals surface area contributed by atoms with Gasteiger partial charge in [-0.25, -0.2) is 8.78 Å². The van der Waals surface area contributed by atoms with Crippen molar-refractivity contribution in [2.45, 2.75) is 13.3 Å². The number of aliphatic hydroxyl groups is 1. The van der Waals surface area contributed by atoms with Crippen molar-refractivity contribution in [3.05, 3.63) is 29.3 Å². The van der Waals surface area contributed by atoms with Gasteiger partial charge >= 0.3 is 0 Å². The molecule has 0 saturated heterocycles. The fourth-order valence-corrected chi connectivity index (χ4v) is 1.70. The van der Waals surface area contributed by atoms with Gasteiger partial charge in [0.15, 0.2) is 0 Å². The smallest absolute Gasteiger partial charge is 0.256 e. The van der Waals surface area contributed by atoms with Gasteiger partial charge in [-0.2, -0.15) is 0 Å². The molecule has 0 bridgehead atoms. The van der Waals surface area contributed by atoms with Crippen molar-refractivity contribution in [1.82, 2.24) is 4.90 Å². The third-order valence-electron chi connectivity index (χ3n) is 2.53. The van der Waals surface area contributed by atoms with Crippen LogP contribution in [0.4, 0.5) is 14.5 Å². The molecule has 3 N–H and O–H groups in total. The maximum Gasteiger partial charge on any atom is 0.256 e. The topological polar surface area (TPSA) is 66.6 Å². The van der Waals surface area contributed by atoms with Crippen LogP contribution in [0, 0.1) is 6.92 Å². The van der Waals surface area contributed by atoms with Crippen molar-refractivity contribution in [3.8, 4) is 0 Å². The van der Waals surface area contributed by atoms with E-state index >= 15 is 0 Å². The van der Waals surface area contributed by atoms with Crippen molar-refractivity contribution in [1.29, 1.82) is 0 Å². The fraction of sp³-hybridized carbons (Fsp3) is 0.417. The number of nitrogens with zero attached hydrogens (tertiary/aromatic N) is 1. The van der Waals surface area contributed by atoms with Crippen LogP contribution >= 0.6 is 0 Å². The molecule has 0 spiro atoms. The van der Waals surface area contributed by atoms with Gasteiger partial charge in [0.1, 0.15) is 0 Å². The summed E-state index contributed by atoms with van der Waals surface area (Å²) >= 11 is 0. The van der Waals surface area contributed by atoms with Gasteiger partial charge in [-0.3, -0.25) is 4.79 Å². The normalized spacial score (nSPS) is 10.7. The molecule has 0 unspecified atom stereocenters. The molecule has 1 aromatic carbocycles. The van der Waals surface area contributed by atoms with Gasteiger partial charge in [0.2, 0.25) is 0 Å². The van der Waals surface area contributed by atoms with Gasteiger partial charge in [0.25, 0.3) is 12.3 Å². The molecule has 6 heteroatoms. The summed E-state index contributed by atoms with van der Waals surface area (Å²) in [5, 5.41) is 8.81. The first-order valence-corrected chi connectivity index (χ1v) is 5.50. The lowest BCUT2D eigenvalue weighted by molar-refractivity contribution is 0.0509. The Morgan fingerprint density at radius 1 is 1.50 bits per heavy atom. The molecule has 1 amide bonds. The van der Waals surface area contributed by atoms with Crippen LogP contribution in [0.2, 0.25) is 0 Å². The zero-order valence-corrected chi connectivity index (χ0v) is 10.1.